The van der Waals surface area contributed by atoms with Gasteiger partial charge >= 0.3 is 5.97 Å². The molecule has 0 spiro atoms. The van der Waals surface area contributed by atoms with Crippen molar-refractivity contribution in [1.29, 1.82) is 0 Å². The molecule has 1 aliphatic rings. The van der Waals surface area contributed by atoms with E-state index in [1.54, 1.807) is 24.3 Å². The molecule has 2 N–H and O–H groups in total. The second kappa shape index (κ2) is 6.15. The minimum atomic E-state index is -3.41. The summed E-state index contributed by atoms with van der Waals surface area (Å²) in [5.41, 5.74) is 0. The Balaban J connectivity index is 2.00. The van der Waals surface area contributed by atoms with Gasteiger partial charge in [-0.3, -0.25) is 4.79 Å². The SMILES string of the molecule is CC(CC(=O)O)Sc1ccc(S(=O)(=O)NC2CC2)cc1. The van der Waals surface area contributed by atoms with Crippen LogP contribution in [0.3, 0.4) is 0 Å². The van der Waals surface area contributed by atoms with Crippen LogP contribution < -0.4 is 4.72 Å². The molecule has 0 amide bonds. The highest BCUT2D eigenvalue weighted by Crippen LogP contribution is 2.27. The molecular weight excluding hydrogens is 298 g/mol. The predicted octanol–water partition coefficient (Wildman–Crippen LogP) is 2.08. The van der Waals surface area contributed by atoms with Crippen molar-refractivity contribution in [2.24, 2.45) is 0 Å². The van der Waals surface area contributed by atoms with Gasteiger partial charge in [-0.15, -0.1) is 11.8 Å². The highest BCUT2D eigenvalue weighted by atomic mass is 32.2. The zero-order chi connectivity index (χ0) is 14.8. The fraction of sp³-hybridized carbons (Fsp3) is 0.462. The topological polar surface area (TPSA) is 83.5 Å². The van der Waals surface area contributed by atoms with Crippen LogP contribution in [0.25, 0.3) is 0 Å². The smallest absolute Gasteiger partial charge is 0.304 e. The standard InChI is InChI=1S/C13H17NO4S2/c1-9(8-13(15)16)19-11-4-6-12(7-5-11)20(17,18)14-10-2-3-10/h4-7,9-10,14H,2-3,8H2,1H3,(H,15,16). The Morgan fingerprint density at radius 3 is 2.50 bits per heavy atom. The van der Waals surface area contributed by atoms with E-state index in [0.29, 0.717) is 0 Å². The Labute approximate surface area is 122 Å². The zero-order valence-corrected chi connectivity index (χ0v) is 12.7. The first-order chi connectivity index (χ1) is 9.37. The summed E-state index contributed by atoms with van der Waals surface area (Å²) in [5, 5.41) is 8.65. The Morgan fingerprint density at radius 1 is 1.40 bits per heavy atom. The van der Waals surface area contributed by atoms with Crippen LogP contribution in [-0.4, -0.2) is 30.8 Å². The average molecular weight is 315 g/mol. The summed E-state index contributed by atoms with van der Waals surface area (Å²) in [4.78, 5) is 11.7. The third kappa shape index (κ3) is 4.50. The van der Waals surface area contributed by atoms with Crippen LogP contribution in [0.5, 0.6) is 0 Å². The number of hydrogen-bond acceptors (Lipinski definition) is 4. The summed E-state index contributed by atoms with van der Waals surface area (Å²) in [6, 6.07) is 6.63. The summed E-state index contributed by atoms with van der Waals surface area (Å²) in [6.45, 7) is 1.83. The van der Waals surface area contributed by atoms with Gasteiger partial charge in [-0.1, -0.05) is 6.92 Å². The molecule has 2 rings (SSSR count). The van der Waals surface area contributed by atoms with Crippen LogP contribution in [0.15, 0.2) is 34.1 Å². The third-order valence-corrected chi connectivity index (χ3v) is 5.48. The van der Waals surface area contributed by atoms with E-state index in [9.17, 15) is 13.2 Å². The van der Waals surface area contributed by atoms with E-state index in [2.05, 4.69) is 4.72 Å². The second-order valence-corrected chi connectivity index (χ2v) is 8.12. The summed E-state index contributed by atoms with van der Waals surface area (Å²) in [6.07, 6.45) is 1.88. The number of carboxylic acid groups (broad SMARTS) is 1. The Bertz CT molecular complexity index is 579. The van der Waals surface area contributed by atoms with Crippen molar-refractivity contribution in [2.45, 2.75) is 47.3 Å². The monoisotopic (exact) mass is 315 g/mol. The minimum Gasteiger partial charge on any atom is -0.481 e. The van der Waals surface area contributed by atoms with Crippen molar-refractivity contribution in [3.63, 3.8) is 0 Å². The summed E-state index contributed by atoms with van der Waals surface area (Å²) in [5.74, 6) is -0.835. The molecule has 1 atom stereocenters. The largest absolute Gasteiger partial charge is 0.481 e. The van der Waals surface area contributed by atoms with Crippen molar-refractivity contribution in [3.8, 4) is 0 Å². The van der Waals surface area contributed by atoms with Gasteiger partial charge in [0.05, 0.1) is 11.3 Å². The normalized spacial score (nSPS) is 16.9. The Kier molecular flexibility index (Phi) is 4.72. The number of carboxylic acids is 1. The molecule has 1 saturated carbocycles. The number of sulfonamides is 1. The van der Waals surface area contributed by atoms with Crippen molar-refractivity contribution in [2.75, 3.05) is 0 Å². The van der Waals surface area contributed by atoms with Crippen molar-refractivity contribution in [3.05, 3.63) is 24.3 Å². The number of hydrogen-bond donors (Lipinski definition) is 2. The molecule has 0 saturated heterocycles. The highest BCUT2D eigenvalue weighted by Gasteiger charge is 2.27. The van der Waals surface area contributed by atoms with Gasteiger partial charge in [0.1, 0.15) is 0 Å². The molecule has 0 heterocycles. The molecule has 20 heavy (non-hydrogen) atoms. The van der Waals surface area contributed by atoms with Crippen LogP contribution >= 0.6 is 11.8 Å². The molecule has 1 aliphatic carbocycles. The number of thioether (sulfide) groups is 1. The van der Waals surface area contributed by atoms with Gasteiger partial charge in [0.15, 0.2) is 0 Å². The highest BCUT2D eigenvalue weighted by molar-refractivity contribution is 8.00. The average Bonchev–Trinajstić information content (AvgIpc) is 3.11. The number of benzene rings is 1. The maximum absolute atomic E-state index is 12.0. The van der Waals surface area contributed by atoms with Gasteiger partial charge in [-0.05, 0) is 37.1 Å². The van der Waals surface area contributed by atoms with E-state index < -0.39 is 16.0 Å². The van der Waals surface area contributed by atoms with Gasteiger partial charge in [-0.25, -0.2) is 13.1 Å². The number of rotatable bonds is 7. The predicted molar refractivity (Wildman–Crippen MR) is 77.4 cm³/mol. The lowest BCUT2D eigenvalue weighted by Crippen LogP contribution is -2.25. The van der Waals surface area contributed by atoms with Gasteiger partial charge < -0.3 is 5.11 Å². The van der Waals surface area contributed by atoms with Crippen molar-refractivity contribution < 1.29 is 18.3 Å². The van der Waals surface area contributed by atoms with Gasteiger partial charge in [0.25, 0.3) is 0 Å². The second-order valence-electron chi connectivity index (χ2n) is 4.89. The first kappa shape index (κ1) is 15.3. The lowest BCUT2D eigenvalue weighted by molar-refractivity contribution is -0.136. The van der Waals surface area contributed by atoms with Gasteiger partial charge in [-0.2, -0.15) is 0 Å². The number of aliphatic carboxylic acids is 1. The molecular formula is C13H17NO4S2. The summed E-state index contributed by atoms with van der Waals surface area (Å²) >= 11 is 1.42. The molecule has 1 aromatic rings. The lowest BCUT2D eigenvalue weighted by Gasteiger charge is -2.09. The molecule has 0 aromatic heterocycles. The molecule has 0 radical (unpaired) electrons. The van der Waals surface area contributed by atoms with Gasteiger partial charge in [0, 0.05) is 16.2 Å². The van der Waals surface area contributed by atoms with E-state index in [4.69, 9.17) is 5.11 Å². The first-order valence-electron chi connectivity index (χ1n) is 6.37. The fourth-order valence-corrected chi connectivity index (χ4v) is 3.99. The number of carbonyl (C=O) groups is 1. The van der Waals surface area contributed by atoms with E-state index in [1.807, 2.05) is 6.92 Å². The maximum Gasteiger partial charge on any atom is 0.304 e. The Morgan fingerprint density at radius 2 is 2.00 bits per heavy atom. The van der Waals surface area contributed by atoms with Crippen molar-refractivity contribution >= 4 is 27.8 Å². The molecule has 5 nitrogen and oxygen atoms in total. The number of nitrogens with one attached hydrogen (secondary N) is 1. The summed E-state index contributed by atoms with van der Waals surface area (Å²) in [7, 11) is -3.41. The zero-order valence-electron chi connectivity index (χ0n) is 11.1. The molecule has 1 fully saturated rings. The molecule has 7 heteroatoms. The minimum absolute atomic E-state index is 0.0560. The maximum atomic E-state index is 12.0. The van der Waals surface area contributed by atoms with Crippen LogP contribution in [0.2, 0.25) is 0 Å². The first-order valence-corrected chi connectivity index (χ1v) is 8.74. The van der Waals surface area contributed by atoms with Crippen LogP contribution in [0.1, 0.15) is 26.2 Å². The molecule has 1 aromatic carbocycles. The molecule has 110 valence electrons. The molecule has 1 unspecified atom stereocenters. The lowest BCUT2D eigenvalue weighted by atomic mass is 10.3. The molecule has 0 bridgehead atoms. The Hall–Kier alpha value is -1.05. The van der Waals surface area contributed by atoms with E-state index >= 15 is 0 Å². The van der Waals surface area contributed by atoms with E-state index in [-0.39, 0.29) is 22.6 Å². The fourth-order valence-electron chi connectivity index (χ4n) is 1.71. The van der Waals surface area contributed by atoms with E-state index in [1.165, 1.54) is 11.8 Å². The van der Waals surface area contributed by atoms with Crippen molar-refractivity contribution in [1.82, 2.24) is 4.72 Å². The summed E-state index contributed by atoms with van der Waals surface area (Å²) < 4.78 is 26.6. The van der Waals surface area contributed by atoms with Crippen LogP contribution in [0.4, 0.5) is 0 Å². The van der Waals surface area contributed by atoms with Crippen LogP contribution in [-0.2, 0) is 14.8 Å². The van der Waals surface area contributed by atoms with E-state index in [0.717, 1.165) is 17.7 Å². The quantitative estimate of drug-likeness (QED) is 0.753. The van der Waals surface area contributed by atoms with Crippen LogP contribution in [0, 0.1) is 0 Å². The molecule has 0 aliphatic heterocycles. The van der Waals surface area contributed by atoms with Gasteiger partial charge in [0.2, 0.25) is 10.0 Å². The third-order valence-electron chi connectivity index (χ3n) is 2.83.